The summed E-state index contributed by atoms with van der Waals surface area (Å²) in [6.45, 7) is 0. The van der Waals surface area contributed by atoms with Crippen molar-refractivity contribution in [3.63, 3.8) is 0 Å². The Bertz CT molecular complexity index is 933. The molecule has 0 unspecified atom stereocenters. The molecule has 1 aromatic carbocycles. The van der Waals surface area contributed by atoms with Crippen LogP contribution in [-0.4, -0.2) is 35.2 Å². The van der Waals surface area contributed by atoms with Gasteiger partial charge in [-0.15, -0.1) is 0 Å². The number of nitrogens with one attached hydrogen (secondary N) is 2. The maximum atomic E-state index is 12.8. The van der Waals surface area contributed by atoms with Gasteiger partial charge in [-0.2, -0.15) is 18.3 Å². The molecule has 0 atom stereocenters. The fraction of sp³-hybridized carbons (Fsp3) is 0.188. The highest BCUT2D eigenvalue weighted by atomic mass is 19.4. The minimum Gasteiger partial charge on any atom is -0.376 e. The summed E-state index contributed by atoms with van der Waals surface area (Å²) in [5.74, 6) is -0.725. The van der Waals surface area contributed by atoms with E-state index in [2.05, 4.69) is 20.5 Å². The summed E-state index contributed by atoms with van der Waals surface area (Å²) in [5.41, 5.74) is 0.395. The molecule has 0 bridgehead atoms. The largest absolute Gasteiger partial charge is 0.433 e. The van der Waals surface area contributed by atoms with Gasteiger partial charge in [0.2, 0.25) is 0 Å². The third-order valence-corrected chi connectivity index (χ3v) is 3.55. The van der Waals surface area contributed by atoms with Gasteiger partial charge < -0.3 is 10.2 Å². The first-order valence-electron chi connectivity index (χ1n) is 7.26. The number of hydrogen-bond acceptors (Lipinski definition) is 4. The quantitative estimate of drug-likeness (QED) is 0.761. The van der Waals surface area contributed by atoms with E-state index >= 15 is 0 Å². The van der Waals surface area contributed by atoms with Gasteiger partial charge in [-0.3, -0.25) is 9.89 Å². The number of amides is 1. The van der Waals surface area contributed by atoms with Crippen LogP contribution in [0, 0.1) is 0 Å². The Hall–Kier alpha value is -3.10. The molecule has 2 heterocycles. The number of carbonyl (C=O) groups is 1. The minimum absolute atomic E-state index is 0.313. The highest BCUT2D eigenvalue weighted by Gasteiger charge is 2.33. The van der Waals surface area contributed by atoms with Crippen molar-refractivity contribution in [3.8, 4) is 0 Å². The Morgan fingerprint density at radius 2 is 2.00 bits per heavy atom. The molecule has 0 fully saturated rings. The lowest BCUT2D eigenvalue weighted by Gasteiger charge is -2.18. The van der Waals surface area contributed by atoms with Gasteiger partial charge in [0.15, 0.2) is 0 Å². The van der Waals surface area contributed by atoms with Crippen molar-refractivity contribution in [1.29, 1.82) is 0 Å². The molecule has 0 aliphatic carbocycles. The zero-order chi connectivity index (χ0) is 18.2. The lowest BCUT2D eigenvalue weighted by atomic mass is 10.2. The van der Waals surface area contributed by atoms with Gasteiger partial charge in [-0.05, 0) is 24.3 Å². The van der Waals surface area contributed by atoms with Crippen molar-refractivity contribution >= 4 is 28.2 Å². The highest BCUT2D eigenvalue weighted by molar-refractivity contribution is 6.06. The van der Waals surface area contributed by atoms with Gasteiger partial charge in [0.25, 0.3) is 5.91 Å². The standard InChI is InChI=1S/C16H14F3N5O/c1-24(2)13-7-11-9(8-20-23-11)6-12(13)22-15(25)10-4-3-5-14(21-10)16(17,18)19/h3-8H,1-2H3,(H,20,23)(H,22,25). The number of aromatic amines is 1. The van der Waals surface area contributed by atoms with Gasteiger partial charge in [0, 0.05) is 25.7 Å². The van der Waals surface area contributed by atoms with Crippen LogP contribution in [0.15, 0.2) is 36.5 Å². The second-order valence-corrected chi connectivity index (χ2v) is 5.57. The summed E-state index contributed by atoms with van der Waals surface area (Å²) in [7, 11) is 3.57. The van der Waals surface area contributed by atoms with Crippen molar-refractivity contribution in [2.75, 3.05) is 24.3 Å². The highest BCUT2D eigenvalue weighted by Crippen LogP contribution is 2.30. The second kappa shape index (κ2) is 6.08. The Morgan fingerprint density at radius 1 is 1.24 bits per heavy atom. The maximum absolute atomic E-state index is 12.8. The van der Waals surface area contributed by atoms with Gasteiger partial charge in [0.05, 0.1) is 16.9 Å². The van der Waals surface area contributed by atoms with E-state index in [-0.39, 0.29) is 5.69 Å². The molecule has 9 heteroatoms. The van der Waals surface area contributed by atoms with Crippen LogP contribution in [0.4, 0.5) is 24.5 Å². The van der Waals surface area contributed by atoms with Crippen LogP contribution in [0.2, 0.25) is 0 Å². The van der Waals surface area contributed by atoms with E-state index in [4.69, 9.17) is 0 Å². The summed E-state index contributed by atoms with van der Waals surface area (Å²) >= 11 is 0. The molecule has 2 N–H and O–H groups in total. The second-order valence-electron chi connectivity index (χ2n) is 5.57. The van der Waals surface area contributed by atoms with E-state index in [1.807, 2.05) is 0 Å². The molecule has 0 aliphatic heterocycles. The molecule has 6 nitrogen and oxygen atoms in total. The number of anilines is 2. The van der Waals surface area contributed by atoms with Crippen LogP contribution in [0.3, 0.4) is 0 Å². The lowest BCUT2D eigenvalue weighted by Crippen LogP contribution is -2.19. The number of fused-ring (bicyclic) bond motifs is 1. The zero-order valence-electron chi connectivity index (χ0n) is 13.3. The average molecular weight is 349 g/mol. The number of hydrogen-bond donors (Lipinski definition) is 2. The van der Waals surface area contributed by atoms with Gasteiger partial charge in [-0.1, -0.05) is 6.07 Å². The number of carbonyl (C=O) groups excluding carboxylic acids is 1. The molecule has 2 aromatic heterocycles. The molecule has 3 aromatic rings. The van der Waals surface area contributed by atoms with E-state index in [0.29, 0.717) is 16.9 Å². The van der Waals surface area contributed by atoms with Crippen LogP contribution in [-0.2, 0) is 6.18 Å². The SMILES string of the molecule is CN(C)c1cc2n[nH]cc2cc1NC(=O)c1cccc(C(F)(F)F)n1. The summed E-state index contributed by atoms with van der Waals surface area (Å²) in [6, 6.07) is 6.66. The molecule has 130 valence electrons. The molecule has 25 heavy (non-hydrogen) atoms. The van der Waals surface area contributed by atoms with Crippen LogP contribution in [0.1, 0.15) is 16.2 Å². The van der Waals surface area contributed by atoms with Crippen molar-refractivity contribution in [2.24, 2.45) is 0 Å². The van der Waals surface area contributed by atoms with Gasteiger partial charge in [-0.25, -0.2) is 4.98 Å². The lowest BCUT2D eigenvalue weighted by molar-refractivity contribution is -0.141. The van der Waals surface area contributed by atoms with Crippen molar-refractivity contribution in [3.05, 3.63) is 47.9 Å². The van der Waals surface area contributed by atoms with Crippen LogP contribution < -0.4 is 10.2 Å². The topological polar surface area (TPSA) is 73.9 Å². The summed E-state index contributed by atoms with van der Waals surface area (Å²) in [4.78, 5) is 17.5. The Balaban J connectivity index is 1.95. The monoisotopic (exact) mass is 349 g/mol. The molecule has 0 spiro atoms. The molecule has 0 aliphatic rings. The number of benzene rings is 1. The Morgan fingerprint density at radius 3 is 2.68 bits per heavy atom. The van der Waals surface area contributed by atoms with Crippen molar-refractivity contribution in [1.82, 2.24) is 15.2 Å². The predicted octanol–water partition coefficient (Wildman–Crippen LogP) is 3.30. The van der Waals surface area contributed by atoms with Crippen LogP contribution in [0.25, 0.3) is 10.9 Å². The normalized spacial score (nSPS) is 11.6. The molecular formula is C16H14F3N5O. The van der Waals surface area contributed by atoms with E-state index in [1.165, 1.54) is 6.07 Å². The fourth-order valence-corrected chi connectivity index (χ4v) is 2.35. The van der Waals surface area contributed by atoms with E-state index in [1.54, 1.807) is 37.3 Å². The number of H-pyrrole nitrogens is 1. The first-order chi connectivity index (χ1) is 11.8. The molecular weight excluding hydrogens is 335 g/mol. The number of rotatable bonds is 3. The van der Waals surface area contributed by atoms with Crippen LogP contribution >= 0.6 is 0 Å². The maximum Gasteiger partial charge on any atom is 0.433 e. The van der Waals surface area contributed by atoms with Crippen molar-refractivity contribution < 1.29 is 18.0 Å². The third kappa shape index (κ3) is 3.39. The summed E-state index contributed by atoms with van der Waals surface area (Å²) in [6.07, 6.45) is -2.95. The summed E-state index contributed by atoms with van der Waals surface area (Å²) < 4.78 is 38.3. The first kappa shape index (κ1) is 16.7. The zero-order valence-corrected chi connectivity index (χ0v) is 13.3. The number of alkyl halides is 3. The number of pyridine rings is 1. The first-order valence-corrected chi connectivity index (χ1v) is 7.26. The molecule has 3 rings (SSSR count). The molecule has 0 saturated carbocycles. The summed E-state index contributed by atoms with van der Waals surface area (Å²) in [5, 5.41) is 10.2. The minimum atomic E-state index is -4.61. The Labute approximate surface area is 140 Å². The number of aromatic nitrogens is 3. The van der Waals surface area contributed by atoms with E-state index in [9.17, 15) is 18.0 Å². The number of halogens is 3. The fourth-order valence-electron chi connectivity index (χ4n) is 2.35. The third-order valence-electron chi connectivity index (χ3n) is 3.55. The molecule has 1 amide bonds. The predicted molar refractivity (Wildman–Crippen MR) is 87.6 cm³/mol. The van der Waals surface area contributed by atoms with Crippen LogP contribution in [0.5, 0.6) is 0 Å². The Kier molecular flexibility index (Phi) is 4.07. The average Bonchev–Trinajstić information content (AvgIpc) is 3.00. The molecule has 0 radical (unpaired) electrons. The van der Waals surface area contributed by atoms with E-state index in [0.717, 1.165) is 17.5 Å². The van der Waals surface area contributed by atoms with Gasteiger partial charge in [0.1, 0.15) is 11.4 Å². The van der Waals surface area contributed by atoms with Crippen molar-refractivity contribution in [2.45, 2.75) is 6.18 Å². The number of nitrogens with zero attached hydrogens (tertiary/aromatic N) is 3. The van der Waals surface area contributed by atoms with E-state index < -0.39 is 17.8 Å². The van der Waals surface area contributed by atoms with Gasteiger partial charge >= 0.3 is 6.18 Å². The smallest absolute Gasteiger partial charge is 0.376 e. The molecule has 0 saturated heterocycles.